The molecule has 2 aromatic carbocycles. The van der Waals surface area contributed by atoms with E-state index in [9.17, 15) is 22.0 Å². The third-order valence-electron chi connectivity index (χ3n) is 6.06. The Morgan fingerprint density at radius 3 is 2.41 bits per heavy atom. The van der Waals surface area contributed by atoms with Gasteiger partial charge in [0.25, 0.3) is 15.9 Å². The second-order valence-corrected chi connectivity index (χ2v) is 9.78. The van der Waals surface area contributed by atoms with E-state index >= 15 is 0 Å². The predicted octanol–water partition coefficient (Wildman–Crippen LogP) is 4.08. The van der Waals surface area contributed by atoms with E-state index in [0.29, 0.717) is 37.2 Å². The van der Waals surface area contributed by atoms with E-state index in [4.69, 9.17) is 5.14 Å². The molecule has 10 heteroatoms. The summed E-state index contributed by atoms with van der Waals surface area (Å²) in [6.45, 7) is 2.51. The van der Waals surface area contributed by atoms with E-state index in [1.165, 1.54) is 36.5 Å². The van der Waals surface area contributed by atoms with Gasteiger partial charge in [-0.2, -0.15) is 0 Å². The SMILES string of the molecule is Cc1c(F)cccc1Nc1cc(S(N)(=O)=O)ncc1C(=O)N1CCC(c2ccc(F)cc2)CC1. The predicted molar refractivity (Wildman–Crippen MR) is 124 cm³/mol. The highest BCUT2D eigenvalue weighted by molar-refractivity contribution is 7.89. The number of anilines is 2. The van der Waals surface area contributed by atoms with E-state index in [1.807, 2.05) is 0 Å². The maximum absolute atomic E-state index is 14.0. The highest BCUT2D eigenvalue weighted by atomic mass is 32.2. The lowest BCUT2D eigenvalue weighted by molar-refractivity contribution is 0.0713. The van der Waals surface area contributed by atoms with Gasteiger partial charge >= 0.3 is 0 Å². The number of hydrogen-bond donors (Lipinski definition) is 2. The lowest BCUT2D eigenvalue weighted by Gasteiger charge is -2.32. The molecule has 0 aliphatic carbocycles. The molecule has 7 nitrogen and oxygen atoms in total. The molecule has 0 unspecified atom stereocenters. The minimum absolute atomic E-state index is 0.149. The molecule has 0 saturated carbocycles. The lowest BCUT2D eigenvalue weighted by atomic mass is 9.89. The number of carbonyl (C=O) groups is 1. The molecule has 34 heavy (non-hydrogen) atoms. The van der Waals surface area contributed by atoms with Crippen molar-refractivity contribution in [3.05, 3.63) is 83.1 Å². The molecule has 1 amide bonds. The smallest absolute Gasteiger partial charge is 0.257 e. The van der Waals surface area contributed by atoms with Crippen LogP contribution in [0.15, 0.2) is 59.8 Å². The Labute approximate surface area is 196 Å². The molecule has 0 radical (unpaired) electrons. The summed E-state index contributed by atoms with van der Waals surface area (Å²) in [7, 11) is -4.12. The van der Waals surface area contributed by atoms with Crippen molar-refractivity contribution in [1.82, 2.24) is 9.88 Å². The third kappa shape index (κ3) is 5.07. The number of primary sulfonamides is 1. The zero-order valence-corrected chi connectivity index (χ0v) is 19.3. The van der Waals surface area contributed by atoms with Gasteiger partial charge in [-0.05, 0) is 55.5 Å². The van der Waals surface area contributed by atoms with Crippen LogP contribution in [0.25, 0.3) is 0 Å². The highest BCUT2D eigenvalue weighted by Gasteiger charge is 2.27. The monoisotopic (exact) mass is 486 g/mol. The van der Waals surface area contributed by atoms with Crippen LogP contribution in [0.5, 0.6) is 0 Å². The summed E-state index contributed by atoms with van der Waals surface area (Å²) in [5.74, 6) is -0.857. The summed E-state index contributed by atoms with van der Waals surface area (Å²) in [6.07, 6.45) is 2.57. The van der Waals surface area contributed by atoms with Crippen molar-refractivity contribution in [2.45, 2.75) is 30.7 Å². The Hall–Kier alpha value is -3.37. The molecule has 2 heterocycles. The van der Waals surface area contributed by atoms with E-state index < -0.39 is 20.9 Å². The van der Waals surface area contributed by atoms with Gasteiger partial charge in [0.05, 0.1) is 11.3 Å². The topological polar surface area (TPSA) is 105 Å². The molecule has 3 N–H and O–H groups in total. The number of likely N-dealkylation sites (tertiary alicyclic amines) is 1. The Balaban J connectivity index is 1.59. The maximum atomic E-state index is 14.0. The molecule has 3 aromatic rings. The van der Waals surface area contributed by atoms with Crippen LogP contribution in [-0.4, -0.2) is 37.3 Å². The Morgan fingerprint density at radius 2 is 1.76 bits per heavy atom. The minimum atomic E-state index is -4.12. The van der Waals surface area contributed by atoms with Gasteiger partial charge in [-0.25, -0.2) is 27.3 Å². The van der Waals surface area contributed by atoms with Gasteiger partial charge in [-0.3, -0.25) is 4.79 Å². The first-order chi connectivity index (χ1) is 16.1. The van der Waals surface area contributed by atoms with Crippen LogP contribution in [0.4, 0.5) is 20.2 Å². The number of halogens is 2. The summed E-state index contributed by atoms with van der Waals surface area (Å²) in [5.41, 5.74) is 2.04. The number of hydrogen-bond acceptors (Lipinski definition) is 5. The first kappa shape index (κ1) is 23.8. The van der Waals surface area contributed by atoms with Crippen LogP contribution in [0, 0.1) is 18.6 Å². The second kappa shape index (κ2) is 9.47. The van der Waals surface area contributed by atoms with Gasteiger partial charge in [-0.1, -0.05) is 18.2 Å². The van der Waals surface area contributed by atoms with E-state index in [2.05, 4.69) is 10.3 Å². The summed E-state index contributed by atoms with van der Waals surface area (Å²) in [4.78, 5) is 18.9. The molecule has 0 atom stereocenters. The molecule has 178 valence electrons. The fourth-order valence-electron chi connectivity index (χ4n) is 4.07. The van der Waals surface area contributed by atoms with Gasteiger partial charge < -0.3 is 10.2 Å². The number of nitrogens with zero attached hydrogens (tertiary/aromatic N) is 2. The first-order valence-electron chi connectivity index (χ1n) is 10.7. The average molecular weight is 487 g/mol. The van der Waals surface area contributed by atoms with Crippen molar-refractivity contribution in [3.63, 3.8) is 0 Å². The normalized spacial score (nSPS) is 14.8. The third-order valence-corrected chi connectivity index (χ3v) is 6.87. The molecular weight excluding hydrogens is 462 g/mol. The molecule has 1 saturated heterocycles. The van der Waals surface area contributed by atoms with E-state index in [-0.39, 0.29) is 28.9 Å². The number of pyridine rings is 1. The summed E-state index contributed by atoms with van der Waals surface area (Å²) < 4.78 is 50.9. The van der Waals surface area contributed by atoms with Crippen molar-refractivity contribution in [3.8, 4) is 0 Å². The van der Waals surface area contributed by atoms with Crippen molar-refractivity contribution in [2.75, 3.05) is 18.4 Å². The van der Waals surface area contributed by atoms with Gasteiger partial charge in [0.15, 0.2) is 5.03 Å². The largest absolute Gasteiger partial charge is 0.354 e. The molecular formula is C24H24F2N4O3S. The van der Waals surface area contributed by atoms with Crippen molar-refractivity contribution < 1.29 is 22.0 Å². The first-order valence-corrected chi connectivity index (χ1v) is 12.3. The van der Waals surface area contributed by atoms with Crippen LogP contribution in [0.1, 0.15) is 40.2 Å². The van der Waals surface area contributed by atoms with Crippen LogP contribution < -0.4 is 10.5 Å². The van der Waals surface area contributed by atoms with Crippen LogP contribution in [-0.2, 0) is 10.0 Å². The van der Waals surface area contributed by atoms with E-state index in [0.717, 1.165) is 5.56 Å². The van der Waals surface area contributed by atoms with Crippen LogP contribution in [0.3, 0.4) is 0 Å². The Morgan fingerprint density at radius 1 is 1.09 bits per heavy atom. The van der Waals surface area contributed by atoms with E-state index in [1.54, 1.807) is 30.0 Å². The number of amides is 1. The number of sulfonamides is 1. The summed E-state index contributed by atoms with van der Waals surface area (Å²) in [6, 6.07) is 12.0. The zero-order valence-electron chi connectivity index (χ0n) is 18.5. The summed E-state index contributed by atoms with van der Waals surface area (Å²) in [5, 5.41) is 7.79. The number of rotatable bonds is 5. The second-order valence-electron chi connectivity index (χ2n) is 8.27. The van der Waals surface area contributed by atoms with Crippen LogP contribution >= 0.6 is 0 Å². The van der Waals surface area contributed by atoms with Crippen molar-refractivity contribution >= 4 is 27.3 Å². The molecule has 1 aliphatic rings. The minimum Gasteiger partial charge on any atom is -0.354 e. The number of piperidine rings is 1. The maximum Gasteiger partial charge on any atom is 0.257 e. The summed E-state index contributed by atoms with van der Waals surface area (Å²) >= 11 is 0. The fraction of sp³-hybridized carbons (Fsp3) is 0.250. The standard InChI is InChI=1S/C24H24F2N4O3S/c1-15-20(26)3-2-4-21(15)29-22-13-23(34(27,32)33)28-14-19(22)24(31)30-11-9-17(10-12-30)16-5-7-18(25)8-6-16/h2-8,13-14,17H,9-12H2,1H3,(H,28,29)(H2,27,32,33). The van der Waals surface area contributed by atoms with Gasteiger partial charge in [0, 0.05) is 36.6 Å². The number of nitrogens with two attached hydrogens (primary N) is 1. The Bertz CT molecular complexity index is 1320. The van der Waals surface area contributed by atoms with Gasteiger partial charge in [-0.15, -0.1) is 0 Å². The number of carbonyl (C=O) groups excluding carboxylic acids is 1. The number of benzene rings is 2. The molecule has 1 aromatic heterocycles. The van der Waals surface area contributed by atoms with Gasteiger partial charge in [0.1, 0.15) is 11.6 Å². The molecule has 1 aliphatic heterocycles. The molecule has 0 bridgehead atoms. The molecule has 0 spiro atoms. The zero-order chi connectivity index (χ0) is 24.5. The number of nitrogens with one attached hydrogen (secondary N) is 1. The average Bonchev–Trinajstić information content (AvgIpc) is 2.81. The van der Waals surface area contributed by atoms with Crippen molar-refractivity contribution in [1.29, 1.82) is 0 Å². The van der Waals surface area contributed by atoms with Crippen LogP contribution in [0.2, 0.25) is 0 Å². The number of aromatic nitrogens is 1. The Kier molecular flexibility index (Phi) is 6.63. The quantitative estimate of drug-likeness (QED) is 0.565. The highest BCUT2D eigenvalue weighted by Crippen LogP contribution is 2.31. The molecule has 4 rings (SSSR count). The molecule has 1 fully saturated rings. The fourth-order valence-corrected chi connectivity index (χ4v) is 4.56. The van der Waals surface area contributed by atoms with Crippen molar-refractivity contribution in [2.24, 2.45) is 5.14 Å². The lowest BCUT2D eigenvalue weighted by Crippen LogP contribution is -2.38. The van der Waals surface area contributed by atoms with Gasteiger partial charge in [0.2, 0.25) is 0 Å².